The largest absolute Gasteiger partial charge is 0.484 e. The van der Waals surface area contributed by atoms with Gasteiger partial charge < -0.3 is 15.0 Å². The van der Waals surface area contributed by atoms with E-state index in [1.54, 1.807) is 6.07 Å². The number of carbonyl (C=O) groups excluding carboxylic acids is 1. The molecule has 0 spiro atoms. The summed E-state index contributed by atoms with van der Waals surface area (Å²) in [5, 5.41) is 3.17. The molecular weight excluding hydrogens is 433 g/mol. The van der Waals surface area contributed by atoms with Gasteiger partial charge in [0.2, 0.25) is 10.0 Å². The molecule has 0 aromatic heterocycles. The number of sulfonamides is 1. The molecule has 2 aromatic carbocycles. The van der Waals surface area contributed by atoms with E-state index in [-0.39, 0.29) is 18.9 Å². The Kier molecular flexibility index (Phi) is 7.52. The van der Waals surface area contributed by atoms with Gasteiger partial charge in [-0.15, -0.1) is 0 Å². The number of hydrogen-bond acceptors (Lipinski definition) is 5. The van der Waals surface area contributed by atoms with E-state index in [2.05, 4.69) is 10.2 Å². The Morgan fingerprint density at radius 2 is 1.80 bits per heavy atom. The lowest BCUT2D eigenvalue weighted by Crippen LogP contribution is -2.50. The molecule has 3 rings (SSSR count). The molecule has 1 fully saturated rings. The van der Waals surface area contributed by atoms with Crippen LogP contribution in [0.15, 0.2) is 48.5 Å². The highest BCUT2D eigenvalue weighted by molar-refractivity contribution is 7.89. The van der Waals surface area contributed by atoms with E-state index in [4.69, 9.17) is 16.3 Å². The Hall–Kier alpha value is -2.36. The zero-order valence-corrected chi connectivity index (χ0v) is 17.8. The maximum absolute atomic E-state index is 12.8. The second-order valence-electron chi connectivity index (χ2n) is 6.77. The fourth-order valence-electron chi connectivity index (χ4n) is 3.08. The second-order valence-corrected chi connectivity index (χ2v) is 9.30. The highest BCUT2D eigenvalue weighted by Gasteiger charge is 2.27. The van der Waals surface area contributed by atoms with Crippen molar-refractivity contribution in [1.29, 1.82) is 0 Å². The molecule has 30 heavy (non-hydrogen) atoms. The molecule has 0 bridgehead atoms. The van der Waals surface area contributed by atoms with E-state index in [0.717, 1.165) is 5.69 Å². The molecule has 10 heteroatoms. The van der Waals surface area contributed by atoms with Crippen molar-refractivity contribution in [3.63, 3.8) is 0 Å². The summed E-state index contributed by atoms with van der Waals surface area (Å²) in [6.07, 6.45) is 0. The van der Waals surface area contributed by atoms with Crippen molar-refractivity contribution in [2.24, 2.45) is 0 Å². The van der Waals surface area contributed by atoms with Crippen LogP contribution in [0.4, 0.5) is 10.1 Å². The van der Waals surface area contributed by atoms with Crippen LogP contribution < -0.4 is 15.0 Å². The van der Waals surface area contributed by atoms with Crippen molar-refractivity contribution in [1.82, 2.24) is 9.62 Å². The van der Waals surface area contributed by atoms with Gasteiger partial charge >= 0.3 is 0 Å². The van der Waals surface area contributed by atoms with Crippen molar-refractivity contribution >= 4 is 33.2 Å². The zero-order chi connectivity index (χ0) is 21.6. The molecule has 7 nitrogen and oxygen atoms in total. The lowest BCUT2D eigenvalue weighted by Gasteiger charge is -2.35. The number of benzene rings is 2. The molecule has 1 heterocycles. The third-order valence-electron chi connectivity index (χ3n) is 4.67. The SMILES string of the molecule is O=C(COc1ccc(F)cc1)NCCS(=O)(=O)N1CCN(c2cccc(Cl)c2)CC1. The minimum atomic E-state index is -3.48. The van der Waals surface area contributed by atoms with Gasteiger partial charge in [-0.2, -0.15) is 4.31 Å². The number of carbonyl (C=O) groups is 1. The number of nitrogens with one attached hydrogen (secondary N) is 1. The monoisotopic (exact) mass is 455 g/mol. The van der Waals surface area contributed by atoms with Crippen LogP contribution in [0.5, 0.6) is 5.75 Å². The number of halogens is 2. The normalized spacial score (nSPS) is 15.1. The van der Waals surface area contributed by atoms with Gasteiger partial charge in [0.15, 0.2) is 6.61 Å². The molecule has 1 amide bonds. The fourth-order valence-corrected chi connectivity index (χ4v) is 4.60. The first-order valence-corrected chi connectivity index (χ1v) is 11.5. The summed E-state index contributed by atoms with van der Waals surface area (Å²) < 4.78 is 44.6. The predicted molar refractivity (Wildman–Crippen MR) is 114 cm³/mol. The molecule has 1 aliphatic heterocycles. The molecule has 0 aliphatic carbocycles. The number of anilines is 1. The highest BCUT2D eigenvalue weighted by Crippen LogP contribution is 2.21. The molecule has 0 unspecified atom stereocenters. The topological polar surface area (TPSA) is 78.9 Å². The van der Waals surface area contributed by atoms with E-state index in [9.17, 15) is 17.6 Å². The fraction of sp³-hybridized carbons (Fsp3) is 0.350. The van der Waals surface area contributed by atoms with Crippen molar-refractivity contribution in [3.8, 4) is 5.75 Å². The molecule has 0 atom stereocenters. The summed E-state index contributed by atoms with van der Waals surface area (Å²) in [5.74, 6) is -0.672. The van der Waals surface area contributed by atoms with Crippen molar-refractivity contribution in [2.75, 3.05) is 50.0 Å². The average molecular weight is 456 g/mol. The van der Waals surface area contributed by atoms with Crippen LogP contribution in [0.1, 0.15) is 0 Å². The second kappa shape index (κ2) is 10.1. The molecule has 0 radical (unpaired) electrons. The number of nitrogens with zero attached hydrogens (tertiary/aromatic N) is 2. The molecular formula is C20H23ClFN3O4S. The molecule has 1 aliphatic rings. The lowest BCUT2D eigenvalue weighted by atomic mass is 10.2. The molecule has 1 N–H and O–H groups in total. The predicted octanol–water partition coefficient (Wildman–Crippen LogP) is 2.13. The van der Waals surface area contributed by atoms with E-state index in [1.165, 1.54) is 28.6 Å². The van der Waals surface area contributed by atoms with Crippen LogP contribution in [-0.4, -0.2) is 63.7 Å². The Morgan fingerprint density at radius 3 is 2.47 bits per heavy atom. The van der Waals surface area contributed by atoms with Crippen LogP contribution in [0.2, 0.25) is 5.02 Å². The summed E-state index contributed by atoms with van der Waals surface area (Å²) >= 11 is 6.02. The van der Waals surface area contributed by atoms with Gasteiger partial charge in [0.25, 0.3) is 5.91 Å². The quantitative estimate of drug-likeness (QED) is 0.659. The van der Waals surface area contributed by atoms with Gasteiger partial charge in [-0.1, -0.05) is 17.7 Å². The van der Waals surface area contributed by atoms with Crippen LogP contribution in [0, 0.1) is 5.82 Å². The molecule has 0 saturated carbocycles. The highest BCUT2D eigenvalue weighted by atomic mass is 35.5. The van der Waals surface area contributed by atoms with Crippen LogP contribution in [-0.2, 0) is 14.8 Å². The number of ether oxygens (including phenoxy) is 1. The van der Waals surface area contributed by atoms with Gasteiger partial charge in [-0.25, -0.2) is 12.8 Å². The van der Waals surface area contributed by atoms with Crippen molar-refractivity contribution in [2.45, 2.75) is 0 Å². The molecule has 162 valence electrons. The Labute approximate surface area is 180 Å². The third kappa shape index (κ3) is 6.32. The summed E-state index contributed by atoms with van der Waals surface area (Å²) in [5.41, 5.74) is 0.966. The van der Waals surface area contributed by atoms with Gasteiger partial charge in [-0.3, -0.25) is 4.79 Å². The molecule has 2 aromatic rings. The lowest BCUT2D eigenvalue weighted by molar-refractivity contribution is -0.122. The average Bonchev–Trinajstić information content (AvgIpc) is 2.73. The summed E-state index contributed by atoms with van der Waals surface area (Å²) in [7, 11) is -3.48. The zero-order valence-electron chi connectivity index (χ0n) is 16.3. The first-order valence-electron chi connectivity index (χ1n) is 9.47. The smallest absolute Gasteiger partial charge is 0.257 e. The van der Waals surface area contributed by atoms with Crippen molar-refractivity contribution < 1.29 is 22.3 Å². The van der Waals surface area contributed by atoms with Crippen LogP contribution in [0.25, 0.3) is 0 Å². The standard InChI is InChI=1S/C20H23ClFN3O4S/c21-16-2-1-3-18(14-16)24-9-11-25(12-10-24)30(27,28)13-8-23-20(26)15-29-19-6-4-17(22)5-7-19/h1-7,14H,8-13,15H2,(H,23,26). The van der Waals surface area contributed by atoms with E-state index < -0.39 is 21.7 Å². The Bertz CT molecular complexity index is 964. The minimum absolute atomic E-state index is 0.0115. The first-order chi connectivity index (χ1) is 14.3. The van der Waals surface area contributed by atoms with Gasteiger partial charge in [-0.05, 0) is 42.5 Å². The van der Waals surface area contributed by atoms with E-state index in [1.807, 2.05) is 18.2 Å². The van der Waals surface area contributed by atoms with Crippen LogP contribution >= 0.6 is 11.6 Å². The number of rotatable bonds is 8. The van der Waals surface area contributed by atoms with Crippen molar-refractivity contribution in [3.05, 3.63) is 59.4 Å². The van der Waals surface area contributed by atoms with E-state index >= 15 is 0 Å². The summed E-state index contributed by atoms with van der Waals surface area (Å²) in [6.45, 7) is 1.59. The Balaban J connectivity index is 1.40. The van der Waals surface area contributed by atoms with Gasteiger partial charge in [0.1, 0.15) is 11.6 Å². The maximum Gasteiger partial charge on any atom is 0.257 e. The third-order valence-corrected chi connectivity index (χ3v) is 6.78. The van der Waals surface area contributed by atoms with E-state index in [0.29, 0.717) is 37.0 Å². The first kappa shape index (κ1) is 22.3. The maximum atomic E-state index is 12.8. The minimum Gasteiger partial charge on any atom is -0.484 e. The molecule has 1 saturated heterocycles. The number of amides is 1. The number of hydrogen-bond donors (Lipinski definition) is 1. The summed E-state index contributed by atoms with van der Waals surface area (Å²) in [6, 6.07) is 12.7. The van der Waals surface area contributed by atoms with Gasteiger partial charge in [0.05, 0.1) is 5.75 Å². The number of piperazine rings is 1. The summed E-state index contributed by atoms with van der Waals surface area (Å²) in [4.78, 5) is 13.9. The van der Waals surface area contributed by atoms with Gasteiger partial charge in [0, 0.05) is 43.4 Å². The van der Waals surface area contributed by atoms with Crippen LogP contribution in [0.3, 0.4) is 0 Å². The Morgan fingerprint density at radius 1 is 1.10 bits per heavy atom.